The summed E-state index contributed by atoms with van der Waals surface area (Å²) in [6.45, 7) is 5.48. The lowest BCUT2D eigenvalue weighted by Crippen LogP contribution is -2.41. The van der Waals surface area contributed by atoms with Crippen LogP contribution < -0.4 is 10.0 Å². The normalized spacial score (nSPS) is 20.8. The first kappa shape index (κ1) is 15.3. The van der Waals surface area contributed by atoms with Gasteiger partial charge in [0.1, 0.15) is 0 Å². The first-order valence-electron chi connectivity index (χ1n) is 7.07. The number of nitrogens with zero attached hydrogens (tertiary/aromatic N) is 1. The van der Waals surface area contributed by atoms with E-state index >= 15 is 0 Å². The highest BCUT2D eigenvalue weighted by Crippen LogP contribution is 2.18. The average molecular weight is 297 g/mol. The molecule has 0 amide bonds. The maximum atomic E-state index is 11.6. The van der Waals surface area contributed by atoms with Crippen LogP contribution >= 0.6 is 0 Å². The van der Waals surface area contributed by atoms with Crippen LogP contribution in [0, 0.1) is 0 Å². The highest BCUT2D eigenvalue weighted by Gasteiger charge is 2.18. The number of likely N-dealkylation sites (N-methyl/N-ethyl adjacent to an activating group) is 1. The zero-order chi connectivity index (χ0) is 14.6. The Morgan fingerprint density at radius 3 is 2.60 bits per heavy atom. The molecule has 2 N–H and O–H groups in total. The van der Waals surface area contributed by atoms with Crippen LogP contribution in [0.3, 0.4) is 0 Å². The second kappa shape index (κ2) is 6.56. The Balaban J connectivity index is 2.00. The van der Waals surface area contributed by atoms with Crippen molar-refractivity contribution in [3.63, 3.8) is 0 Å². The summed E-state index contributed by atoms with van der Waals surface area (Å²) < 4.78 is 25.6. The summed E-state index contributed by atoms with van der Waals surface area (Å²) >= 11 is 0. The number of piperidine rings is 1. The summed E-state index contributed by atoms with van der Waals surface area (Å²) in [4.78, 5) is 2.73. The van der Waals surface area contributed by atoms with Crippen LogP contribution in [0.25, 0.3) is 0 Å². The molecule has 1 fully saturated rings. The second-order valence-corrected chi connectivity index (χ2v) is 7.00. The van der Waals surface area contributed by atoms with Crippen molar-refractivity contribution in [1.29, 1.82) is 0 Å². The lowest BCUT2D eigenvalue weighted by atomic mass is 10.1. The zero-order valence-electron chi connectivity index (χ0n) is 12.1. The van der Waals surface area contributed by atoms with Gasteiger partial charge in [0.15, 0.2) is 0 Å². The minimum Gasteiger partial charge on any atom is -0.381 e. The van der Waals surface area contributed by atoms with E-state index in [2.05, 4.69) is 21.9 Å². The monoisotopic (exact) mass is 297 g/mol. The van der Waals surface area contributed by atoms with Gasteiger partial charge in [-0.3, -0.25) is 0 Å². The maximum Gasteiger partial charge on any atom is 0.240 e. The van der Waals surface area contributed by atoms with Crippen molar-refractivity contribution in [3.8, 4) is 0 Å². The van der Waals surface area contributed by atoms with Gasteiger partial charge in [0.05, 0.1) is 4.90 Å². The van der Waals surface area contributed by atoms with Crippen molar-refractivity contribution in [1.82, 2.24) is 9.62 Å². The lowest BCUT2D eigenvalue weighted by molar-refractivity contribution is 0.227. The molecule has 6 heteroatoms. The number of hydrogen-bond acceptors (Lipinski definition) is 4. The smallest absolute Gasteiger partial charge is 0.240 e. The molecule has 1 aliphatic rings. The van der Waals surface area contributed by atoms with E-state index in [0.717, 1.165) is 25.2 Å². The maximum absolute atomic E-state index is 11.6. The van der Waals surface area contributed by atoms with Crippen molar-refractivity contribution >= 4 is 15.7 Å². The second-order valence-electron chi connectivity index (χ2n) is 5.11. The molecule has 0 aromatic heterocycles. The molecule has 1 aliphatic heterocycles. The van der Waals surface area contributed by atoms with Gasteiger partial charge < -0.3 is 10.2 Å². The molecule has 1 atom stereocenters. The molecule has 1 aromatic rings. The van der Waals surface area contributed by atoms with Crippen LogP contribution in [-0.4, -0.2) is 46.0 Å². The minimum atomic E-state index is -3.35. The van der Waals surface area contributed by atoms with E-state index < -0.39 is 10.0 Å². The van der Waals surface area contributed by atoms with Crippen molar-refractivity contribution in [3.05, 3.63) is 24.3 Å². The fourth-order valence-electron chi connectivity index (χ4n) is 2.54. The summed E-state index contributed by atoms with van der Waals surface area (Å²) in [5.74, 6) is 0. The van der Waals surface area contributed by atoms with Gasteiger partial charge in [-0.1, -0.05) is 6.92 Å². The third kappa shape index (κ3) is 3.71. The van der Waals surface area contributed by atoms with Gasteiger partial charge in [0.2, 0.25) is 10.0 Å². The third-order valence-electron chi connectivity index (χ3n) is 3.76. The van der Waals surface area contributed by atoms with Crippen LogP contribution in [0.5, 0.6) is 0 Å². The lowest BCUT2D eigenvalue weighted by Gasteiger charge is -2.32. The number of benzene rings is 1. The largest absolute Gasteiger partial charge is 0.381 e. The number of sulfonamides is 1. The molecular formula is C14H23N3O2S. The molecule has 0 aliphatic carbocycles. The molecule has 0 bridgehead atoms. The predicted molar refractivity (Wildman–Crippen MR) is 81.4 cm³/mol. The predicted octanol–water partition coefficient (Wildman–Crippen LogP) is 1.49. The molecule has 1 saturated heterocycles. The quantitative estimate of drug-likeness (QED) is 0.864. The van der Waals surface area contributed by atoms with Crippen LogP contribution in [0.4, 0.5) is 5.69 Å². The Labute approximate surface area is 121 Å². The first-order valence-corrected chi connectivity index (χ1v) is 8.56. The van der Waals surface area contributed by atoms with E-state index in [1.807, 2.05) is 12.1 Å². The summed E-state index contributed by atoms with van der Waals surface area (Å²) in [7, 11) is -1.93. The third-order valence-corrected chi connectivity index (χ3v) is 5.19. The highest BCUT2D eigenvalue weighted by atomic mass is 32.2. The molecule has 5 nitrogen and oxygen atoms in total. The van der Waals surface area contributed by atoms with E-state index in [4.69, 9.17) is 0 Å². The van der Waals surface area contributed by atoms with Crippen LogP contribution in [-0.2, 0) is 10.0 Å². The topological polar surface area (TPSA) is 61.4 Å². The highest BCUT2D eigenvalue weighted by molar-refractivity contribution is 7.89. The summed E-state index contributed by atoms with van der Waals surface area (Å²) in [6, 6.07) is 7.36. The Hall–Kier alpha value is -1.11. The van der Waals surface area contributed by atoms with E-state index in [1.54, 1.807) is 12.1 Å². The number of likely N-dealkylation sites (tertiary alicyclic amines) is 1. The van der Waals surface area contributed by atoms with Crippen LogP contribution in [0.15, 0.2) is 29.2 Å². The molecular weight excluding hydrogens is 274 g/mol. The van der Waals surface area contributed by atoms with E-state index in [0.29, 0.717) is 10.9 Å². The average Bonchev–Trinajstić information content (AvgIpc) is 2.48. The van der Waals surface area contributed by atoms with Crippen LogP contribution in [0.2, 0.25) is 0 Å². The molecule has 1 unspecified atom stereocenters. The molecule has 2 rings (SSSR count). The van der Waals surface area contributed by atoms with Gasteiger partial charge >= 0.3 is 0 Å². The van der Waals surface area contributed by atoms with Crippen LogP contribution in [0.1, 0.15) is 19.8 Å². The number of rotatable bonds is 5. The summed E-state index contributed by atoms with van der Waals surface area (Å²) in [5.41, 5.74) is 0.975. The molecule has 20 heavy (non-hydrogen) atoms. The Bertz CT molecular complexity index is 528. The van der Waals surface area contributed by atoms with E-state index in [-0.39, 0.29) is 0 Å². The number of hydrogen-bond donors (Lipinski definition) is 2. The summed E-state index contributed by atoms with van der Waals surface area (Å²) in [6.07, 6.45) is 2.37. The van der Waals surface area contributed by atoms with Gasteiger partial charge in [0, 0.05) is 18.3 Å². The summed E-state index contributed by atoms with van der Waals surface area (Å²) in [5, 5.41) is 3.48. The number of nitrogens with one attached hydrogen (secondary N) is 2. The van der Waals surface area contributed by atoms with Crippen molar-refractivity contribution in [2.75, 3.05) is 32.0 Å². The molecule has 0 spiro atoms. The Morgan fingerprint density at radius 1 is 1.30 bits per heavy atom. The Morgan fingerprint density at radius 2 is 2.00 bits per heavy atom. The number of anilines is 1. The minimum absolute atomic E-state index is 0.296. The fourth-order valence-corrected chi connectivity index (χ4v) is 3.27. The fraction of sp³-hybridized carbons (Fsp3) is 0.571. The van der Waals surface area contributed by atoms with E-state index in [9.17, 15) is 8.42 Å². The van der Waals surface area contributed by atoms with Crippen molar-refractivity contribution in [2.24, 2.45) is 0 Å². The molecule has 112 valence electrons. The zero-order valence-corrected chi connectivity index (χ0v) is 12.9. The van der Waals surface area contributed by atoms with E-state index in [1.165, 1.54) is 20.0 Å². The van der Waals surface area contributed by atoms with Gasteiger partial charge in [-0.25, -0.2) is 13.1 Å². The van der Waals surface area contributed by atoms with Gasteiger partial charge in [-0.05, 0) is 57.2 Å². The van der Waals surface area contributed by atoms with Gasteiger partial charge in [0.25, 0.3) is 0 Å². The SMILES string of the molecule is CCN1CCCC(Nc2ccc(S(=O)(=O)NC)cc2)C1. The molecule has 1 heterocycles. The molecule has 1 aromatic carbocycles. The Kier molecular flexibility index (Phi) is 5.01. The first-order chi connectivity index (χ1) is 9.55. The van der Waals surface area contributed by atoms with Gasteiger partial charge in [-0.2, -0.15) is 0 Å². The van der Waals surface area contributed by atoms with Gasteiger partial charge in [-0.15, -0.1) is 0 Å². The molecule has 0 radical (unpaired) electrons. The molecule has 0 saturated carbocycles. The van der Waals surface area contributed by atoms with Crippen molar-refractivity contribution in [2.45, 2.75) is 30.7 Å². The van der Waals surface area contributed by atoms with Crippen molar-refractivity contribution < 1.29 is 8.42 Å². The standard InChI is InChI=1S/C14H23N3O2S/c1-3-17-10-4-5-13(11-17)16-12-6-8-14(9-7-12)20(18,19)15-2/h6-9,13,15-16H,3-5,10-11H2,1-2H3.